The van der Waals surface area contributed by atoms with E-state index in [-0.39, 0.29) is 0 Å². The van der Waals surface area contributed by atoms with Gasteiger partial charge in [-0.1, -0.05) is 0 Å². The monoisotopic (exact) mass is 293 g/mol. The average Bonchev–Trinajstić information content (AvgIpc) is 2.00. The zero-order chi connectivity index (χ0) is 13.6. The van der Waals surface area contributed by atoms with Gasteiger partial charge in [0.25, 0.3) is 0 Å². The van der Waals surface area contributed by atoms with Crippen molar-refractivity contribution in [3.63, 3.8) is 0 Å². The summed E-state index contributed by atoms with van der Waals surface area (Å²) in [5.41, 5.74) is 0. The van der Waals surface area contributed by atoms with E-state index in [4.69, 9.17) is 0 Å². The third-order valence-electron chi connectivity index (χ3n) is 1.41. The minimum absolute atomic E-state index is 0.426. The lowest BCUT2D eigenvalue weighted by Gasteiger charge is -2.32. The van der Waals surface area contributed by atoms with Crippen LogP contribution in [0.5, 0.6) is 0 Å². The van der Waals surface area contributed by atoms with Crippen molar-refractivity contribution in [1.29, 1.82) is 0 Å². The van der Waals surface area contributed by atoms with E-state index in [0.29, 0.717) is 0 Å². The molecule has 0 aliphatic rings. The fraction of sp³-hybridized carbons (Fsp3) is 1.00. The molecular formula is C4H3F6O4S2-. The molecule has 4 nitrogen and oxygen atoms in total. The highest BCUT2D eigenvalue weighted by molar-refractivity contribution is 7.91. The number of halogens is 6. The normalized spacial score (nSPS) is 17.2. The van der Waals surface area contributed by atoms with Gasteiger partial charge in [-0.05, 0) is 0 Å². The maximum absolute atomic E-state index is 12.5. The molecule has 0 fully saturated rings. The van der Waals surface area contributed by atoms with Crippen molar-refractivity contribution in [3.05, 3.63) is 0 Å². The molecular weight excluding hydrogens is 290 g/mol. The number of alkyl halides is 6. The molecule has 12 heteroatoms. The number of hydrogen-bond donors (Lipinski definition) is 0. The van der Waals surface area contributed by atoms with Crippen LogP contribution in [0.3, 0.4) is 0 Å². The third kappa shape index (κ3) is 2.05. The molecule has 0 N–H and O–H groups in total. The van der Waals surface area contributed by atoms with Gasteiger partial charge in [-0.15, -0.1) is 0 Å². The summed E-state index contributed by atoms with van der Waals surface area (Å²) in [4.78, 5) is 0. The van der Waals surface area contributed by atoms with Crippen molar-refractivity contribution < 1.29 is 43.5 Å². The van der Waals surface area contributed by atoms with Gasteiger partial charge in [0.2, 0.25) is 9.84 Å². The van der Waals surface area contributed by atoms with Crippen molar-refractivity contribution in [2.45, 2.75) is 16.4 Å². The summed E-state index contributed by atoms with van der Waals surface area (Å²) >= 11 is -4.90. The second-order valence-electron chi connectivity index (χ2n) is 2.61. The van der Waals surface area contributed by atoms with Crippen LogP contribution in [-0.2, 0) is 20.9 Å². The fourth-order valence-corrected chi connectivity index (χ4v) is 1.50. The van der Waals surface area contributed by atoms with Gasteiger partial charge in [0, 0.05) is 17.3 Å². The standard InChI is InChI=1S/C4H4F6O4S2/c1-16(13,14)4(9,10)2(5,6)3(7,8)15(11)12/h1H3,(H,11,12)/p-1. The highest BCUT2D eigenvalue weighted by Gasteiger charge is 2.77. The smallest absolute Gasteiger partial charge is 0.414 e. The van der Waals surface area contributed by atoms with E-state index in [2.05, 4.69) is 0 Å². The molecule has 1 unspecified atom stereocenters. The van der Waals surface area contributed by atoms with Crippen molar-refractivity contribution in [1.82, 2.24) is 0 Å². The Morgan fingerprint density at radius 3 is 1.56 bits per heavy atom. The lowest BCUT2D eigenvalue weighted by atomic mass is 10.3. The summed E-state index contributed by atoms with van der Waals surface area (Å²) in [6.45, 7) is 0. The Morgan fingerprint density at radius 1 is 1.06 bits per heavy atom. The largest absolute Gasteiger partial charge is 0.768 e. The van der Waals surface area contributed by atoms with Crippen molar-refractivity contribution in [2.75, 3.05) is 6.26 Å². The van der Waals surface area contributed by atoms with E-state index < -0.39 is 43.6 Å². The molecule has 98 valence electrons. The molecule has 0 heterocycles. The predicted octanol–water partition coefficient (Wildman–Crippen LogP) is 0.731. The molecule has 0 radical (unpaired) electrons. The molecule has 0 amide bonds. The SMILES string of the molecule is CS(=O)(=O)C(F)(F)C(F)(F)C(F)(F)S(=O)[O-]. The van der Waals surface area contributed by atoms with Crippen LogP contribution in [0.25, 0.3) is 0 Å². The first kappa shape index (κ1) is 15.6. The molecule has 0 spiro atoms. The summed E-state index contributed by atoms with van der Waals surface area (Å²) in [5, 5.41) is -12.4. The molecule has 0 saturated heterocycles. The maximum atomic E-state index is 12.5. The van der Waals surface area contributed by atoms with Crippen molar-refractivity contribution in [2.24, 2.45) is 0 Å². The van der Waals surface area contributed by atoms with Crippen LogP contribution in [0, 0.1) is 0 Å². The Balaban J connectivity index is 5.82. The summed E-state index contributed by atoms with van der Waals surface area (Å²) in [6, 6.07) is 0. The van der Waals surface area contributed by atoms with Crippen LogP contribution < -0.4 is 0 Å². The number of rotatable bonds is 4. The van der Waals surface area contributed by atoms with Gasteiger partial charge in [0.15, 0.2) is 0 Å². The van der Waals surface area contributed by atoms with Gasteiger partial charge in [0.1, 0.15) is 0 Å². The maximum Gasteiger partial charge on any atom is 0.414 e. The van der Waals surface area contributed by atoms with Crippen molar-refractivity contribution in [3.8, 4) is 0 Å². The summed E-state index contributed by atoms with van der Waals surface area (Å²) in [7, 11) is -5.91. The molecule has 0 aromatic rings. The molecule has 1 atom stereocenters. The molecule has 0 bridgehead atoms. The van der Waals surface area contributed by atoms with Crippen LogP contribution in [0.4, 0.5) is 26.3 Å². The molecule has 0 rings (SSSR count). The average molecular weight is 293 g/mol. The van der Waals surface area contributed by atoms with E-state index in [1.807, 2.05) is 0 Å². The van der Waals surface area contributed by atoms with Gasteiger partial charge in [-0.25, -0.2) is 8.42 Å². The molecule has 16 heavy (non-hydrogen) atoms. The Labute approximate surface area is 87.8 Å². The minimum Gasteiger partial charge on any atom is -0.768 e. The Morgan fingerprint density at radius 2 is 1.38 bits per heavy atom. The highest BCUT2D eigenvalue weighted by atomic mass is 32.2. The first-order chi connectivity index (χ1) is 6.69. The zero-order valence-electron chi connectivity index (χ0n) is 7.22. The van der Waals surface area contributed by atoms with Gasteiger partial charge < -0.3 is 4.55 Å². The van der Waals surface area contributed by atoms with E-state index in [9.17, 15) is 43.5 Å². The van der Waals surface area contributed by atoms with Crippen LogP contribution in [0.1, 0.15) is 0 Å². The summed E-state index contributed by atoms with van der Waals surface area (Å²) < 4.78 is 114. The van der Waals surface area contributed by atoms with Gasteiger partial charge in [-0.3, -0.25) is 4.21 Å². The Bertz CT molecular complexity index is 401. The second kappa shape index (κ2) is 3.84. The number of sulfone groups is 1. The topological polar surface area (TPSA) is 74.3 Å². The van der Waals surface area contributed by atoms with Crippen LogP contribution in [-0.4, -0.2) is 39.9 Å². The highest BCUT2D eigenvalue weighted by Crippen LogP contribution is 2.49. The third-order valence-corrected chi connectivity index (χ3v) is 3.27. The van der Waals surface area contributed by atoms with Gasteiger partial charge in [0.05, 0.1) is 0 Å². The molecule has 0 aliphatic heterocycles. The first-order valence-electron chi connectivity index (χ1n) is 3.12. The first-order valence-corrected chi connectivity index (χ1v) is 6.08. The molecule has 0 aromatic carbocycles. The summed E-state index contributed by atoms with van der Waals surface area (Å²) in [6.07, 6.45) is -0.426. The molecule has 0 aliphatic carbocycles. The van der Waals surface area contributed by atoms with E-state index in [1.165, 1.54) is 0 Å². The van der Waals surface area contributed by atoms with Crippen molar-refractivity contribution >= 4 is 20.9 Å². The van der Waals surface area contributed by atoms with Crippen LogP contribution in [0.15, 0.2) is 0 Å². The quantitative estimate of drug-likeness (QED) is 0.566. The predicted molar refractivity (Wildman–Crippen MR) is 38.6 cm³/mol. The molecule has 0 aromatic heterocycles. The lowest BCUT2D eigenvalue weighted by molar-refractivity contribution is -0.243. The molecule has 0 saturated carbocycles. The van der Waals surface area contributed by atoms with Crippen LogP contribution in [0.2, 0.25) is 0 Å². The lowest BCUT2D eigenvalue weighted by Crippen LogP contribution is -2.59. The van der Waals surface area contributed by atoms with Gasteiger partial charge in [-0.2, -0.15) is 26.3 Å². The Kier molecular flexibility index (Phi) is 3.75. The van der Waals surface area contributed by atoms with Crippen LogP contribution >= 0.6 is 0 Å². The fourth-order valence-electron chi connectivity index (χ4n) is 0.507. The Hall–Kier alpha value is -0.360. The van der Waals surface area contributed by atoms with Gasteiger partial charge >= 0.3 is 16.4 Å². The van der Waals surface area contributed by atoms with E-state index >= 15 is 0 Å². The minimum atomic E-state index is -6.57. The summed E-state index contributed by atoms with van der Waals surface area (Å²) in [5.74, 6) is -6.57. The second-order valence-corrected chi connectivity index (χ2v) is 5.65. The zero-order valence-corrected chi connectivity index (χ0v) is 8.85. The number of hydrogen-bond acceptors (Lipinski definition) is 4. The van der Waals surface area contributed by atoms with E-state index in [1.54, 1.807) is 0 Å². The van der Waals surface area contributed by atoms with E-state index in [0.717, 1.165) is 0 Å².